The number of hydrogen-bond acceptors (Lipinski definition) is 8. The Labute approximate surface area is 197 Å². The van der Waals surface area contributed by atoms with Gasteiger partial charge in [-0.05, 0) is 31.1 Å². The first-order valence-corrected chi connectivity index (χ1v) is 11.0. The standard InChI is InChI=1S/C23H21N9O3/c1-35-18-9-15(31-7-6-24-12-31)4-5-16(18)27-19-10-20(26-14-2-3-14)32-21(29-19)13(11-25-32)8-17-22(33)30-23(34)28-17/h4-12,14,27,33H,2-3H2,1H3,(H2,28,30,34)/b13-8-,26-20?. The molecule has 5 aromatic rings. The first kappa shape index (κ1) is 20.7. The Bertz CT molecular complexity index is 1710. The maximum atomic E-state index is 11.5. The number of nitrogens with zero attached hydrogens (tertiary/aromatic N) is 6. The molecule has 1 aromatic carbocycles. The second-order valence-electron chi connectivity index (χ2n) is 8.16. The maximum absolute atomic E-state index is 11.5. The number of aromatic hydroxyl groups is 1. The molecule has 4 N–H and O–H groups in total. The summed E-state index contributed by atoms with van der Waals surface area (Å²) in [5.41, 5.74) is 2.54. The second-order valence-corrected chi connectivity index (χ2v) is 8.16. The molecule has 0 unspecified atom stereocenters. The van der Waals surface area contributed by atoms with Crippen molar-refractivity contribution < 1.29 is 9.84 Å². The van der Waals surface area contributed by atoms with E-state index < -0.39 is 5.69 Å². The van der Waals surface area contributed by atoms with E-state index in [2.05, 4.69) is 25.4 Å². The number of H-pyrrole nitrogens is 2. The van der Waals surface area contributed by atoms with Crippen LogP contribution in [0.25, 0.3) is 17.4 Å². The molecule has 6 rings (SSSR count). The highest BCUT2D eigenvalue weighted by Crippen LogP contribution is 2.29. The third kappa shape index (κ3) is 4.01. The van der Waals surface area contributed by atoms with E-state index in [9.17, 15) is 9.90 Å². The summed E-state index contributed by atoms with van der Waals surface area (Å²) in [4.78, 5) is 30.0. The first-order valence-electron chi connectivity index (χ1n) is 11.0. The minimum atomic E-state index is -0.504. The van der Waals surface area contributed by atoms with Gasteiger partial charge in [0.2, 0.25) is 5.88 Å². The van der Waals surface area contributed by atoms with Gasteiger partial charge in [-0.1, -0.05) is 0 Å². The molecule has 176 valence electrons. The Morgan fingerprint density at radius 1 is 1.29 bits per heavy atom. The van der Waals surface area contributed by atoms with Crippen LogP contribution < -0.4 is 26.4 Å². The molecule has 4 heterocycles. The number of hydrogen-bond donors (Lipinski definition) is 4. The van der Waals surface area contributed by atoms with Gasteiger partial charge < -0.3 is 24.7 Å². The number of rotatable bonds is 6. The lowest BCUT2D eigenvalue weighted by atomic mass is 10.2. The molecule has 0 amide bonds. The molecule has 1 saturated carbocycles. The summed E-state index contributed by atoms with van der Waals surface area (Å²) in [6, 6.07) is 7.86. The molecule has 0 atom stereocenters. The Balaban J connectivity index is 1.46. The minimum Gasteiger partial charge on any atom is -0.494 e. The molecule has 1 aliphatic carbocycles. The fourth-order valence-electron chi connectivity index (χ4n) is 3.75. The zero-order valence-electron chi connectivity index (χ0n) is 18.6. The summed E-state index contributed by atoms with van der Waals surface area (Å²) in [5, 5.41) is 18.3. The van der Waals surface area contributed by atoms with Crippen molar-refractivity contribution in [3.63, 3.8) is 0 Å². The van der Waals surface area contributed by atoms with Crippen molar-refractivity contribution >= 4 is 23.2 Å². The van der Waals surface area contributed by atoms with E-state index in [1.807, 2.05) is 35.0 Å². The van der Waals surface area contributed by atoms with Crippen molar-refractivity contribution in [2.24, 2.45) is 4.99 Å². The summed E-state index contributed by atoms with van der Waals surface area (Å²) in [5.74, 6) is 0.926. The van der Waals surface area contributed by atoms with Gasteiger partial charge >= 0.3 is 5.69 Å². The highest BCUT2D eigenvalue weighted by molar-refractivity contribution is 5.68. The topological polar surface area (TPSA) is 151 Å². The molecule has 0 radical (unpaired) electrons. The van der Waals surface area contributed by atoms with E-state index in [-0.39, 0.29) is 17.6 Å². The molecule has 35 heavy (non-hydrogen) atoms. The summed E-state index contributed by atoms with van der Waals surface area (Å²) >= 11 is 0. The smallest absolute Gasteiger partial charge is 0.326 e. The average molecular weight is 471 g/mol. The normalized spacial score (nSPS) is 14.7. The van der Waals surface area contributed by atoms with Gasteiger partial charge in [-0.25, -0.2) is 14.8 Å². The van der Waals surface area contributed by atoms with Gasteiger partial charge in [0.05, 0.1) is 37.1 Å². The largest absolute Gasteiger partial charge is 0.494 e. The van der Waals surface area contributed by atoms with Crippen LogP contribution in [0.5, 0.6) is 11.6 Å². The Kier molecular flexibility index (Phi) is 4.83. The average Bonchev–Trinajstić information content (AvgIpc) is 3.20. The monoisotopic (exact) mass is 471 g/mol. The van der Waals surface area contributed by atoms with Crippen LogP contribution in [0.2, 0.25) is 0 Å². The molecule has 1 aliphatic rings. The van der Waals surface area contributed by atoms with Crippen LogP contribution in [0, 0.1) is 0 Å². The van der Waals surface area contributed by atoms with Gasteiger partial charge in [0.15, 0.2) is 11.1 Å². The quantitative estimate of drug-likeness (QED) is 0.288. The lowest BCUT2D eigenvalue weighted by Crippen LogP contribution is -2.20. The van der Waals surface area contributed by atoms with E-state index in [0.717, 1.165) is 24.2 Å². The zero-order chi connectivity index (χ0) is 23.9. The number of anilines is 2. The highest BCUT2D eigenvalue weighted by atomic mass is 16.5. The van der Waals surface area contributed by atoms with Gasteiger partial charge in [-0.15, -0.1) is 0 Å². The predicted octanol–water partition coefficient (Wildman–Crippen LogP) is 1.000. The molecule has 12 heteroatoms. The molecule has 0 saturated heterocycles. The van der Waals surface area contributed by atoms with Crippen LogP contribution in [0.4, 0.5) is 11.5 Å². The van der Waals surface area contributed by atoms with Crippen molar-refractivity contribution in [2.75, 3.05) is 12.4 Å². The van der Waals surface area contributed by atoms with E-state index in [0.29, 0.717) is 27.9 Å². The Morgan fingerprint density at radius 2 is 2.17 bits per heavy atom. The molecule has 0 bridgehead atoms. The van der Waals surface area contributed by atoms with Gasteiger partial charge in [0.1, 0.15) is 17.3 Å². The number of aromatic amines is 2. The molecule has 0 aliphatic heterocycles. The summed E-state index contributed by atoms with van der Waals surface area (Å²) < 4.78 is 9.15. The molecule has 1 fully saturated rings. The van der Waals surface area contributed by atoms with Gasteiger partial charge in [-0.3, -0.25) is 9.98 Å². The second kappa shape index (κ2) is 8.17. The number of fused-ring (bicyclic) bond motifs is 1. The fourth-order valence-corrected chi connectivity index (χ4v) is 3.75. The van der Waals surface area contributed by atoms with E-state index in [1.54, 1.807) is 36.4 Å². The summed E-state index contributed by atoms with van der Waals surface area (Å²) in [6.45, 7) is 0. The van der Waals surface area contributed by atoms with Gasteiger partial charge in [-0.2, -0.15) is 9.61 Å². The lowest BCUT2D eigenvalue weighted by Gasteiger charge is -2.13. The lowest BCUT2D eigenvalue weighted by molar-refractivity contribution is 0.416. The molecule has 0 spiro atoms. The number of aromatic nitrogens is 7. The van der Waals surface area contributed by atoms with E-state index >= 15 is 0 Å². The molecule has 4 aromatic heterocycles. The fraction of sp³-hybridized carbons (Fsp3) is 0.174. The van der Waals surface area contributed by atoms with Crippen LogP contribution in [0.3, 0.4) is 0 Å². The molecular weight excluding hydrogens is 450 g/mol. The van der Waals surface area contributed by atoms with Crippen molar-refractivity contribution in [1.82, 2.24) is 34.1 Å². The molecule has 12 nitrogen and oxygen atoms in total. The van der Waals surface area contributed by atoms with E-state index in [4.69, 9.17) is 14.7 Å². The van der Waals surface area contributed by atoms with Crippen LogP contribution in [-0.4, -0.2) is 52.4 Å². The summed E-state index contributed by atoms with van der Waals surface area (Å²) in [7, 11) is 1.61. The highest BCUT2D eigenvalue weighted by Gasteiger charge is 2.20. The van der Waals surface area contributed by atoms with Crippen molar-refractivity contribution in [3.8, 4) is 17.3 Å². The Morgan fingerprint density at radius 3 is 2.89 bits per heavy atom. The number of ether oxygens (including phenoxy) is 1. The number of methoxy groups -OCH3 is 1. The predicted molar refractivity (Wildman–Crippen MR) is 127 cm³/mol. The third-order valence-corrected chi connectivity index (χ3v) is 5.63. The SMILES string of the molecule is COc1cc(-n2ccnc2)ccc1Nc1cc(=NC2CC2)n2nc/c(=C/c3[nH]c(=O)[nH]c3O)c2n1. The number of nitrogens with one attached hydrogen (secondary N) is 3. The van der Waals surface area contributed by atoms with Gasteiger partial charge in [0, 0.05) is 29.7 Å². The third-order valence-electron chi connectivity index (χ3n) is 5.63. The number of imidazole rings is 2. The van der Waals surface area contributed by atoms with Crippen LogP contribution in [-0.2, 0) is 0 Å². The van der Waals surface area contributed by atoms with Crippen LogP contribution >= 0.6 is 0 Å². The van der Waals surface area contributed by atoms with Crippen molar-refractivity contribution in [1.29, 1.82) is 0 Å². The van der Waals surface area contributed by atoms with Crippen LogP contribution in [0.1, 0.15) is 18.5 Å². The minimum absolute atomic E-state index is 0.238. The van der Waals surface area contributed by atoms with E-state index in [1.165, 1.54) is 0 Å². The van der Waals surface area contributed by atoms with Crippen molar-refractivity contribution in [2.45, 2.75) is 18.9 Å². The van der Waals surface area contributed by atoms with Crippen molar-refractivity contribution in [3.05, 3.63) is 76.1 Å². The van der Waals surface area contributed by atoms with Crippen LogP contribution in [0.15, 0.2) is 59.0 Å². The zero-order valence-corrected chi connectivity index (χ0v) is 18.6. The molecular formula is C23H21N9O3. The first-order chi connectivity index (χ1) is 17.1. The summed E-state index contributed by atoms with van der Waals surface area (Å²) in [6.07, 6.45) is 10.6. The maximum Gasteiger partial charge on any atom is 0.326 e. The number of benzene rings is 1. The Hall–Kier alpha value is -4.87. The van der Waals surface area contributed by atoms with Gasteiger partial charge in [0.25, 0.3) is 0 Å².